The summed E-state index contributed by atoms with van der Waals surface area (Å²) >= 11 is 12.0. The molecular weight excluding hydrogens is 359 g/mol. The van der Waals surface area contributed by atoms with Crippen LogP contribution in [0, 0.1) is 0 Å². The molecular formula is C18H14Cl2N4O. The molecule has 126 valence electrons. The van der Waals surface area contributed by atoms with Gasteiger partial charge in [0.25, 0.3) is 0 Å². The van der Waals surface area contributed by atoms with Crippen LogP contribution in [0.25, 0.3) is 0 Å². The average molecular weight is 373 g/mol. The molecule has 7 heteroatoms. The van der Waals surface area contributed by atoms with E-state index in [2.05, 4.69) is 20.6 Å². The highest BCUT2D eigenvalue weighted by atomic mass is 35.5. The minimum Gasteiger partial charge on any atom is -0.340 e. The number of benzene rings is 2. The Morgan fingerprint density at radius 1 is 0.920 bits per heavy atom. The Morgan fingerprint density at radius 3 is 2.24 bits per heavy atom. The van der Waals surface area contributed by atoms with Crippen LogP contribution in [0.1, 0.15) is 17.3 Å². The van der Waals surface area contributed by atoms with Crippen LogP contribution in [0.2, 0.25) is 10.0 Å². The summed E-state index contributed by atoms with van der Waals surface area (Å²) in [5, 5.41) is 7.27. The first kappa shape index (κ1) is 17.2. The highest BCUT2D eigenvalue weighted by molar-refractivity contribution is 6.35. The van der Waals surface area contributed by atoms with Crippen molar-refractivity contribution >= 4 is 52.1 Å². The maximum Gasteiger partial charge on any atom is 0.229 e. The molecule has 0 atom stereocenters. The minimum absolute atomic E-state index is 0.0280. The fraction of sp³-hybridized carbons (Fsp3) is 0.0556. The molecule has 3 rings (SSSR count). The Bertz CT molecular complexity index is 893. The maximum absolute atomic E-state index is 11.3. The smallest absolute Gasteiger partial charge is 0.229 e. The Hall–Kier alpha value is -2.63. The van der Waals surface area contributed by atoms with Gasteiger partial charge in [-0.3, -0.25) is 4.79 Å². The number of halogens is 2. The largest absolute Gasteiger partial charge is 0.340 e. The van der Waals surface area contributed by atoms with Crippen LogP contribution in [-0.2, 0) is 0 Å². The van der Waals surface area contributed by atoms with Gasteiger partial charge in [-0.05, 0) is 55.5 Å². The summed E-state index contributed by atoms with van der Waals surface area (Å²) in [5.74, 6) is 1.05. The van der Waals surface area contributed by atoms with Crippen LogP contribution in [0.15, 0.2) is 54.7 Å². The van der Waals surface area contributed by atoms with E-state index in [0.717, 1.165) is 5.69 Å². The number of hydrogen-bond acceptors (Lipinski definition) is 5. The normalized spacial score (nSPS) is 10.4. The van der Waals surface area contributed by atoms with E-state index in [1.165, 1.54) is 6.92 Å². The summed E-state index contributed by atoms with van der Waals surface area (Å²) in [6, 6.07) is 14.0. The molecule has 0 aliphatic carbocycles. The van der Waals surface area contributed by atoms with Gasteiger partial charge in [-0.25, -0.2) is 4.98 Å². The molecule has 0 aliphatic heterocycles. The molecule has 0 radical (unpaired) electrons. The third-order valence-electron chi connectivity index (χ3n) is 3.34. The number of Topliss-reactive ketones (excluding diaryl/α,β-unsaturated/α-hetero) is 1. The van der Waals surface area contributed by atoms with E-state index >= 15 is 0 Å². The summed E-state index contributed by atoms with van der Waals surface area (Å²) in [6.45, 7) is 1.53. The third kappa shape index (κ3) is 4.68. The van der Waals surface area contributed by atoms with E-state index in [1.54, 1.807) is 42.6 Å². The van der Waals surface area contributed by atoms with Crippen LogP contribution >= 0.6 is 23.2 Å². The second-order valence-corrected chi connectivity index (χ2v) is 6.18. The molecule has 2 aromatic carbocycles. The molecule has 0 bridgehead atoms. The summed E-state index contributed by atoms with van der Waals surface area (Å²) in [6.07, 6.45) is 1.63. The molecule has 0 amide bonds. The van der Waals surface area contributed by atoms with Crippen molar-refractivity contribution in [2.24, 2.45) is 0 Å². The standard InChI is InChI=1S/C18H14Cl2N4O/c1-11(25)12-2-4-15(5-3-12)22-17-6-7-21-18(24-17)23-16-9-13(19)8-14(20)10-16/h2-10H,1H3,(H2,21,22,23,24). The van der Waals surface area contributed by atoms with Gasteiger partial charge < -0.3 is 10.6 Å². The van der Waals surface area contributed by atoms with Crippen molar-refractivity contribution in [2.45, 2.75) is 6.92 Å². The van der Waals surface area contributed by atoms with E-state index in [1.807, 2.05) is 12.1 Å². The number of ketones is 1. The van der Waals surface area contributed by atoms with E-state index in [-0.39, 0.29) is 5.78 Å². The highest BCUT2D eigenvalue weighted by Gasteiger charge is 2.04. The molecule has 0 aliphatic rings. The number of aromatic nitrogens is 2. The van der Waals surface area contributed by atoms with Gasteiger partial charge >= 0.3 is 0 Å². The van der Waals surface area contributed by atoms with E-state index in [9.17, 15) is 4.79 Å². The lowest BCUT2D eigenvalue weighted by atomic mass is 10.1. The lowest BCUT2D eigenvalue weighted by Crippen LogP contribution is -2.00. The van der Waals surface area contributed by atoms with Crippen molar-refractivity contribution in [3.63, 3.8) is 0 Å². The maximum atomic E-state index is 11.3. The Kier molecular flexibility index (Phi) is 5.16. The average Bonchev–Trinajstić information content (AvgIpc) is 2.54. The van der Waals surface area contributed by atoms with Gasteiger partial charge in [0.05, 0.1) is 0 Å². The van der Waals surface area contributed by atoms with Gasteiger partial charge in [-0.1, -0.05) is 23.2 Å². The SMILES string of the molecule is CC(=O)c1ccc(Nc2ccnc(Nc3cc(Cl)cc(Cl)c3)n2)cc1. The molecule has 0 saturated heterocycles. The lowest BCUT2D eigenvalue weighted by molar-refractivity contribution is 0.101. The Balaban J connectivity index is 1.75. The fourth-order valence-electron chi connectivity index (χ4n) is 2.18. The zero-order chi connectivity index (χ0) is 17.8. The summed E-state index contributed by atoms with van der Waals surface area (Å²) in [4.78, 5) is 19.9. The molecule has 2 N–H and O–H groups in total. The van der Waals surface area contributed by atoms with Crippen LogP contribution in [-0.4, -0.2) is 15.8 Å². The highest BCUT2D eigenvalue weighted by Crippen LogP contribution is 2.24. The summed E-state index contributed by atoms with van der Waals surface area (Å²) in [5.41, 5.74) is 2.18. The van der Waals surface area contributed by atoms with Gasteiger partial charge in [0.1, 0.15) is 5.82 Å². The quantitative estimate of drug-likeness (QED) is 0.580. The van der Waals surface area contributed by atoms with Crippen molar-refractivity contribution in [1.82, 2.24) is 9.97 Å². The monoisotopic (exact) mass is 372 g/mol. The predicted octanol–water partition coefficient (Wildman–Crippen LogP) is 5.47. The first-order valence-electron chi connectivity index (χ1n) is 7.44. The molecule has 25 heavy (non-hydrogen) atoms. The second kappa shape index (κ2) is 7.51. The molecule has 0 unspecified atom stereocenters. The van der Waals surface area contributed by atoms with Crippen LogP contribution in [0.4, 0.5) is 23.1 Å². The summed E-state index contributed by atoms with van der Waals surface area (Å²) < 4.78 is 0. The van der Waals surface area contributed by atoms with Crippen molar-refractivity contribution in [1.29, 1.82) is 0 Å². The molecule has 3 aromatic rings. The molecule has 0 fully saturated rings. The van der Waals surface area contributed by atoms with Crippen molar-refractivity contribution in [3.8, 4) is 0 Å². The minimum atomic E-state index is 0.0280. The number of nitrogens with zero attached hydrogens (tertiary/aromatic N) is 2. The van der Waals surface area contributed by atoms with Gasteiger partial charge in [0.15, 0.2) is 5.78 Å². The number of anilines is 4. The first-order chi connectivity index (χ1) is 12.0. The number of nitrogens with one attached hydrogen (secondary N) is 2. The topological polar surface area (TPSA) is 66.9 Å². The molecule has 1 heterocycles. The van der Waals surface area contributed by atoms with Crippen molar-refractivity contribution in [2.75, 3.05) is 10.6 Å². The van der Waals surface area contributed by atoms with Crippen LogP contribution < -0.4 is 10.6 Å². The van der Waals surface area contributed by atoms with E-state index in [0.29, 0.717) is 33.1 Å². The number of hydrogen-bond donors (Lipinski definition) is 2. The number of carbonyl (C=O) groups is 1. The van der Waals surface area contributed by atoms with E-state index < -0.39 is 0 Å². The van der Waals surface area contributed by atoms with Crippen LogP contribution in [0.5, 0.6) is 0 Å². The number of rotatable bonds is 5. The Morgan fingerprint density at radius 2 is 1.60 bits per heavy atom. The predicted molar refractivity (Wildman–Crippen MR) is 102 cm³/mol. The fourth-order valence-corrected chi connectivity index (χ4v) is 2.71. The third-order valence-corrected chi connectivity index (χ3v) is 3.77. The van der Waals surface area contributed by atoms with E-state index in [4.69, 9.17) is 23.2 Å². The van der Waals surface area contributed by atoms with Gasteiger partial charge in [-0.15, -0.1) is 0 Å². The van der Waals surface area contributed by atoms with Crippen molar-refractivity contribution in [3.05, 3.63) is 70.3 Å². The second-order valence-electron chi connectivity index (χ2n) is 5.31. The zero-order valence-corrected chi connectivity index (χ0v) is 14.8. The number of carbonyl (C=O) groups excluding carboxylic acids is 1. The Labute approximate surface area is 155 Å². The van der Waals surface area contributed by atoms with Gasteiger partial charge in [-0.2, -0.15) is 4.98 Å². The molecule has 0 spiro atoms. The van der Waals surface area contributed by atoms with Gasteiger partial charge in [0, 0.05) is 33.2 Å². The first-order valence-corrected chi connectivity index (χ1v) is 8.19. The lowest BCUT2D eigenvalue weighted by Gasteiger charge is -2.09. The molecule has 0 saturated carbocycles. The van der Waals surface area contributed by atoms with Gasteiger partial charge in [0.2, 0.25) is 5.95 Å². The summed E-state index contributed by atoms with van der Waals surface area (Å²) in [7, 11) is 0. The zero-order valence-electron chi connectivity index (χ0n) is 13.3. The van der Waals surface area contributed by atoms with Crippen molar-refractivity contribution < 1.29 is 4.79 Å². The molecule has 1 aromatic heterocycles. The molecule has 5 nitrogen and oxygen atoms in total. The van der Waals surface area contributed by atoms with Crippen LogP contribution in [0.3, 0.4) is 0 Å².